The molecule has 0 N–H and O–H groups in total. The van der Waals surface area contributed by atoms with Crippen molar-refractivity contribution < 1.29 is 71.5 Å². The first kappa shape index (κ1) is 54.6. The molecule has 6 heteroatoms. The van der Waals surface area contributed by atoms with Gasteiger partial charge in [0.1, 0.15) is 0 Å². The molecule has 8 rings (SSSR count). The zero-order valence-electron chi connectivity index (χ0n) is 35.6. The van der Waals surface area contributed by atoms with Gasteiger partial charge in [0.15, 0.2) is 0 Å². The van der Waals surface area contributed by atoms with Crippen LogP contribution in [0.25, 0.3) is 22.3 Å². The average molecular weight is 999 g/mol. The van der Waals surface area contributed by atoms with Gasteiger partial charge in [0, 0.05) is 0 Å². The van der Waals surface area contributed by atoms with Crippen LogP contribution in [-0.2, 0) is 59.5 Å². The van der Waals surface area contributed by atoms with E-state index < -0.39 is 0 Å². The number of allylic oxidation sites excluding steroid dienone is 8. The molecule has 0 unspecified atom stereocenters. The van der Waals surface area contributed by atoms with Gasteiger partial charge in [-0.2, -0.15) is 71.8 Å². The number of benzene rings is 4. The summed E-state index contributed by atoms with van der Waals surface area (Å²) in [5, 5.41) is 0. The van der Waals surface area contributed by atoms with Gasteiger partial charge in [0.2, 0.25) is 0 Å². The average Bonchev–Trinajstić information content (AvgIpc) is 4.10. The summed E-state index contributed by atoms with van der Waals surface area (Å²) in [4.78, 5) is 0. The normalized spacial score (nSPS) is 12.0. The fraction of sp³-hybridized carbons (Fsp3) is 0.385. The molecular formula is C52H64Cl2Si2Zr2-2. The maximum Gasteiger partial charge on any atom is -0.0253 e. The quantitative estimate of drug-likeness (QED) is 0.0850. The van der Waals surface area contributed by atoms with E-state index in [2.05, 4.69) is 137 Å². The van der Waals surface area contributed by atoms with Gasteiger partial charge in [-0.1, -0.05) is 70.8 Å². The molecule has 304 valence electrons. The molecule has 0 nitrogen and oxygen atoms in total. The van der Waals surface area contributed by atoms with Gasteiger partial charge < -0.3 is 24.8 Å². The van der Waals surface area contributed by atoms with Gasteiger partial charge in [0.25, 0.3) is 0 Å². The molecule has 0 bridgehead atoms. The number of rotatable bonds is 12. The zero-order valence-corrected chi connectivity index (χ0v) is 44.0. The van der Waals surface area contributed by atoms with Crippen molar-refractivity contribution in [3.05, 3.63) is 168 Å². The van der Waals surface area contributed by atoms with Gasteiger partial charge in [-0.15, -0.1) is 24.0 Å². The number of hydrogen-bond acceptors (Lipinski definition) is 0. The Morgan fingerprint density at radius 3 is 1.12 bits per heavy atom. The Labute approximate surface area is 397 Å². The first-order chi connectivity index (χ1) is 27.5. The molecule has 0 spiro atoms. The summed E-state index contributed by atoms with van der Waals surface area (Å²) in [5.41, 5.74) is 11.4. The Balaban J connectivity index is 0.000000357. The standard InChI is InChI=1S/2C13H9.2C8H18Si.2C5H5.2ClH.2Zr/c2*1-3-7-12-10(5-1)9-11-6-2-4-8-13(11)12;2*1-3-5-7-9-8-6-4-2;2*1-2-4-5-3-1;;;;/h2*1-5,7-8H,9H2;2*3-8H2,1-2H3;2*1-3H,4H2;2*1H;;/q2*-1;;;2*-1;;;2*+2/p-2. The smallest absolute Gasteiger partial charge is 0.0253 e. The van der Waals surface area contributed by atoms with E-state index >= 15 is 0 Å². The molecule has 0 saturated carbocycles. The van der Waals surface area contributed by atoms with Crippen LogP contribution >= 0.6 is 0 Å². The predicted molar refractivity (Wildman–Crippen MR) is 241 cm³/mol. The third-order valence-electron chi connectivity index (χ3n) is 9.73. The van der Waals surface area contributed by atoms with E-state index in [-0.39, 0.29) is 35.7 Å². The van der Waals surface area contributed by atoms with E-state index in [0.717, 1.165) is 25.7 Å². The maximum atomic E-state index is 3.30. The van der Waals surface area contributed by atoms with E-state index in [0.29, 0.717) is 0 Å². The van der Waals surface area contributed by atoms with E-state index in [1.807, 2.05) is 83.1 Å². The van der Waals surface area contributed by atoms with Crippen LogP contribution in [0.2, 0.25) is 24.2 Å². The van der Waals surface area contributed by atoms with Gasteiger partial charge in [-0.3, -0.25) is 12.2 Å². The molecular weight excluding hydrogens is 934 g/mol. The van der Waals surface area contributed by atoms with Crippen molar-refractivity contribution in [2.24, 2.45) is 0 Å². The third kappa shape index (κ3) is 21.9. The molecule has 0 atom stereocenters. The summed E-state index contributed by atoms with van der Waals surface area (Å²) in [6.45, 7) is 9.19. The molecule has 0 aliphatic heterocycles. The second-order valence-corrected chi connectivity index (χ2v) is 29.3. The van der Waals surface area contributed by atoms with E-state index in [4.69, 9.17) is 0 Å². The fourth-order valence-corrected chi connectivity index (χ4v) is 15.3. The summed E-state index contributed by atoms with van der Waals surface area (Å²) in [6.07, 6.45) is 33.6. The van der Waals surface area contributed by atoms with Crippen LogP contribution in [0, 0.1) is 24.3 Å². The molecule has 0 radical (unpaired) electrons. The van der Waals surface area contributed by atoms with Crippen LogP contribution < -0.4 is 24.8 Å². The minimum absolute atomic E-state index is 0. The Hall–Kier alpha value is -1.38. The van der Waals surface area contributed by atoms with Crippen LogP contribution in [0.3, 0.4) is 0 Å². The zero-order chi connectivity index (χ0) is 40.1. The van der Waals surface area contributed by atoms with E-state index in [9.17, 15) is 0 Å². The molecule has 0 fully saturated rings. The monoisotopic (exact) mass is 994 g/mol. The Morgan fingerprint density at radius 2 is 0.828 bits per heavy atom. The topological polar surface area (TPSA) is 0 Å². The van der Waals surface area contributed by atoms with E-state index in [1.54, 1.807) is 24.2 Å². The first-order valence-corrected chi connectivity index (χ1v) is 32.4. The van der Waals surface area contributed by atoms with Crippen molar-refractivity contribution in [2.45, 2.75) is 129 Å². The van der Waals surface area contributed by atoms with Crippen molar-refractivity contribution in [2.75, 3.05) is 0 Å². The third-order valence-corrected chi connectivity index (χ3v) is 20.9. The number of fused-ring (bicyclic) bond motifs is 6. The molecule has 58 heavy (non-hydrogen) atoms. The van der Waals surface area contributed by atoms with Gasteiger partial charge in [0.05, 0.1) is 0 Å². The van der Waals surface area contributed by atoms with E-state index in [1.165, 1.54) is 95.9 Å². The fourth-order valence-electron chi connectivity index (χ4n) is 6.49. The second kappa shape index (κ2) is 35.2. The number of hydrogen-bond donors (Lipinski definition) is 0. The number of halogens is 2. The predicted octanol–water partition coefficient (Wildman–Crippen LogP) is 8.99. The van der Waals surface area contributed by atoms with Crippen LogP contribution in [0.4, 0.5) is 0 Å². The Morgan fingerprint density at radius 1 is 0.483 bits per heavy atom. The maximum absolute atomic E-state index is 3.30. The van der Waals surface area contributed by atoms with Crippen LogP contribution in [0.5, 0.6) is 0 Å². The molecule has 4 aromatic rings. The van der Waals surface area contributed by atoms with Crippen LogP contribution in [0.15, 0.2) is 121 Å². The summed E-state index contributed by atoms with van der Waals surface area (Å²) in [5.74, 6) is 0. The van der Waals surface area contributed by atoms with Gasteiger partial charge >= 0.3 is 161 Å². The minimum Gasteiger partial charge on any atom is -1.00 e. The van der Waals surface area contributed by atoms with Crippen molar-refractivity contribution in [1.82, 2.24) is 0 Å². The van der Waals surface area contributed by atoms with Crippen molar-refractivity contribution in [3.63, 3.8) is 0 Å². The summed E-state index contributed by atoms with van der Waals surface area (Å²) in [6, 6.07) is 42.5. The number of unbranched alkanes of at least 4 members (excludes halogenated alkanes) is 4. The molecule has 0 amide bonds. The molecule has 0 aromatic heterocycles. The molecule has 0 saturated heterocycles. The molecule has 4 aromatic carbocycles. The van der Waals surface area contributed by atoms with Crippen molar-refractivity contribution >= 4 is 10.9 Å². The van der Waals surface area contributed by atoms with Gasteiger partial charge in [-0.25, -0.2) is 24.3 Å². The first-order valence-electron chi connectivity index (χ1n) is 21.2. The SMILES string of the molecule is CCCC[Si](=[Zr+2])CCCC.CCCC[Si](=[Zr+2])CCCC.[C-]1=CC=CC1.[C-]1=CC=CC1.[Cl-].[Cl-].[c-]1cccc2c1Cc1ccccc1-2.[c-]1cccc2c1Cc1ccccc1-2. The molecule has 4 aliphatic rings. The summed E-state index contributed by atoms with van der Waals surface area (Å²) in [7, 11) is 0. The van der Waals surface area contributed by atoms with Gasteiger partial charge in [-0.05, 0) is 12.8 Å². The Kier molecular flexibility index (Phi) is 33.2. The summed E-state index contributed by atoms with van der Waals surface area (Å²) < 4.78 is 0. The largest absolute Gasteiger partial charge is 1.00 e. The van der Waals surface area contributed by atoms with Crippen molar-refractivity contribution in [1.29, 1.82) is 0 Å². The second-order valence-electron chi connectivity index (χ2n) is 14.4. The Bertz CT molecular complexity index is 1600. The molecule has 0 heterocycles. The summed E-state index contributed by atoms with van der Waals surface area (Å²) >= 11 is 3.72. The van der Waals surface area contributed by atoms with Crippen LogP contribution in [0.1, 0.15) is 114 Å². The van der Waals surface area contributed by atoms with Crippen molar-refractivity contribution in [3.8, 4) is 22.3 Å². The van der Waals surface area contributed by atoms with Crippen LogP contribution in [-0.4, -0.2) is 10.9 Å². The molecule has 4 aliphatic carbocycles. The minimum atomic E-state index is 0.